The average Bonchev–Trinajstić information content (AvgIpc) is 3.19. The van der Waals surface area contributed by atoms with Gasteiger partial charge in [0.25, 0.3) is 5.91 Å². The summed E-state index contributed by atoms with van der Waals surface area (Å²) in [4.78, 5) is 12.4. The lowest BCUT2D eigenvalue weighted by molar-refractivity contribution is 0.0933. The Labute approximate surface area is 119 Å². The molecule has 0 spiro atoms. The second-order valence-corrected chi connectivity index (χ2v) is 7.39. The molecular formula is C14H20N2O3S. The molecule has 0 aromatic heterocycles. The Bertz CT molecular complexity index is 621. The second kappa shape index (κ2) is 5.54. The van der Waals surface area contributed by atoms with E-state index < -0.39 is 9.84 Å². The molecule has 110 valence electrons. The first-order valence-electron chi connectivity index (χ1n) is 6.64. The highest BCUT2D eigenvalue weighted by molar-refractivity contribution is 7.90. The van der Waals surface area contributed by atoms with Crippen LogP contribution in [0.3, 0.4) is 0 Å². The summed E-state index contributed by atoms with van der Waals surface area (Å²) in [6, 6.07) is 4.70. The normalized spacial score (nSPS) is 16.8. The van der Waals surface area contributed by atoms with Crippen molar-refractivity contribution in [2.75, 3.05) is 12.8 Å². The third-order valence-electron chi connectivity index (χ3n) is 3.61. The lowest BCUT2D eigenvalue weighted by atomic mass is 10.1. The van der Waals surface area contributed by atoms with Crippen LogP contribution in [0.1, 0.15) is 28.8 Å². The fourth-order valence-electron chi connectivity index (χ4n) is 2.26. The van der Waals surface area contributed by atoms with Crippen molar-refractivity contribution in [1.82, 2.24) is 5.32 Å². The van der Waals surface area contributed by atoms with Crippen LogP contribution in [0.25, 0.3) is 0 Å². The summed E-state index contributed by atoms with van der Waals surface area (Å²) in [5.41, 5.74) is 6.65. The first-order chi connectivity index (χ1) is 9.32. The van der Waals surface area contributed by atoms with Crippen LogP contribution in [-0.4, -0.2) is 33.2 Å². The lowest BCUT2D eigenvalue weighted by Gasteiger charge is -2.16. The van der Waals surface area contributed by atoms with Crippen LogP contribution in [-0.2, 0) is 9.84 Å². The number of rotatable bonds is 5. The molecule has 1 atom stereocenters. The van der Waals surface area contributed by atoms with Crippen LogP contribution in [0, 0.1) is 12.8 Å². The summed E-state index contributed by atoms with van der Waals surface area (Å²) in [6.07, 6.45) is 3.32. The van der Waals surface area contributed by atoms with Gasteiger partial charge < -0.3 is 11.1 Å². The number of nitrogens with one attached hydrogen (secondary N) is 1. The van der Waals surface area contributed by atoms with E-state index in [-0.39, 0.29) is 16.8 Å². The molecule has 0 saturated heterocycles. The third-order valence-corrected chi connectivity index (χ3v) is 4.85. The number of carbonyl (C=O) groups is 1. The number of benzene rings is 1. The summed E-state index contributed by atoms with van der Waals surface area (Å²) in [5.74, 6) is 0.195. The molecule has 1 saturated carbocycles. The maximum absolute atomic E-state index is 12.2. The van der Waals surface area contributed by atoms with Crippen LogP contribution in [0.5, 0.6) is 0 Å². The highest BCUT2D eigenvalue weighted by Gasteiger charge is 2.31. The Morgan fingerprint density at radius 2 is 2.10 bits per heavy atom. The Morgan fingerprint density at radius 3 is 2.60 bits per heavy atom. The quantitative estimate of drug-likeness (QED) is 0.843. The number of nitrogens with two attached hydrogens (primary N) is 1. The average molecular weight is 296 g/mol. The number of amides is 1. The van der Waals surface area contributed by atoms with Crippen LogP contribution >= 0.6 is 0 Å². The maximum atomic E-state index is 12.2. The zero-order chi connectivity index (χ0) is 14.9. The van der Waals surface area contributed by atoms with Gasteiger partial charge in [0.05, 0.1) is 4.90 Å². The van der Waals surface area contributed by atoms with Crippen molar-refractivity contribution in [3.63, 3.8) is 0 Å². The van der Waals surface area contributed by atoms with E-state index in [1.165, 1.54) is 6.07 Å². The number of hydrogen-bond acceptors (Lipinski definition) is 4. The van der Waals surface area contributed by atoms with E-state index in [0.717, 1.165) is 19.1 Å². The minimum atomic E-state index is -3.33. The molecule has 2 rings (SSSR count). The Morgan fingerprint density at radius 1 is 1.45 bits per heavy atom. The van der Waals surface area contributed by atoms with Crippen molar-refractivity contribution in [3.8, 4) is 0 Å². The zero-order valence-corrected chi connectivity index (χ0v) is 12.5. The van der Waals surface area contributed by atoms with E-state index in [1.807, 2.05) is 0 Å². The largest absolute Gasteiger partial charge is 0.348 e. The fraction of sp³-hybridized carbons (Fsp3) is 0.500. The van der Waals surface area contributed by atoms with Gasteiger partial charge in [0, 0.05) is 24.4 Å². The third kappa shape index (κ3) is 3.37. The van der Waals surface area contributed by atoms with Crippen molar-refractivity contribution in [2.45, 2.75) is 30.7 Å². The summed E-state index contributed by atoms with van der Waals surface area (Å²) in [7, 11) is -3.33. The summed E-state index contributed by atoms with van der Waals surface area (Å²) < 4.78 is 23.3. The van der Waals surface area contributed by atoms with Gasteiger partial charge in [0.1, 0.15) is 0 Å². The first-order valence-corrected chi connectivity index (χ1v) is 8.53. The smallest absolute Gasteiger partial charge is 0.251 e. The molecule has 5 nitrogen and oxygen atoms in total. The topological polar surface area (TPSA) is 89.3 Å². The maximum Gasteiger partial charge on any atom is 0.251 e. The molecular weight excluding hydrogens is 276 g/mol. The number of hydrogen-bond donors (Lipinski definition) is 2. The molecule has 0 bridgehead atoms. The van der Waals surface area contributed by atoms with Gasteiger partial charge in [0.15, 0.2) is 9.84 Å². The van der Waals surface area contributed by atoms with Crippen LogP contribution in [0.2, 0.25) is 0 Å². The van der Waals surface area contributed by atoms with E-state index in [2.05, 4.69) is 5.32 Å². The molecule has 1 aliphatic carbocycles. The Balaban J connectivity index is 2.22. The van der Waals surface area contributed by atoms with E-state index in [1.54, 1.807) is 19.1 Å². The first kappa shape index (κ1) is 15.0. The highest BCUT2D eigenvalue weighted by Crippen LogP contribution is 2.32. The molecule has 20 heavy (non-hydrogen) atoms. The van der Waals surface area contributed by atoms with Crippen LogP contribution in [0.4, 0.5) is 0 Å². The van der Waals surface area contributed by atoms with Crippen molar-refractivity contribution in [1.29, 1.82) is 0 Å². The monoisotopic (exact) mass is 296 g/mol. The summed E-state index contributed by atoms with van der Waals surface area (Å²) >= 11 is 0. The molecule has 1 amide bonds. The minimum Gasteiger partial charge on any atom is -0.348 e. The number of carbonyl (C=O) groups excluding carboxylic acids is 1. The van der Waals surface area contributed by atoms with E-state index in [4.69, 9.17) is 5.73 Å². The van der Waals surface area contributed by atoms with Crippen molar-refractivity contribution in [2.24, 2.45) is 11.7 Å². The predicted molar refractivity (Wildman–Crippen MR) is 77.3 cm³/mol. The van der Waals surface area contributed by atoms with Crippen molar-refractivity contribution < 1.29 is 13.2 Å². The highest BCUT2D eigenvalue weighted by atomic mass is 32.2. The molecule has 1 unspecified atom stereocenters. The second-order valence-electron chi connectivity index (χ2n) is 5.41. The molecule has 1 aromatic rings. The molecule has 1 aromatic carbocycles. The Kier molecular flexibility index (Phi) is 4.15. The van der Waals surface area contributed by atoms with Gasteiger partial charge in [-0.3, -0.25) is 4.79 Å². The standard InChI is InChI=1S/C14H20N2O3S/c1-9-3-4-11(7-13(9)20(2,18)19)14(17)16-12(8-15)10-5-6-10/h3-4,7,10,12H,5-6,8,15H2,1-2H3,(H,16,17). The lowest BCUT2D eigenvalue weighted by Crippen LogP contribution is -2.41. The molecule has 0 aliphatic heterocycles. The molecule has 0 heterocycles. The fourth-order valence-corrected chi connectivity index (χ4v) is 3.25. The summed E-state index contributed by atoms with van der Waals surface area (Å²) in [6.45, 7) is 2.12. The van der Waals surface area contributed by atoms with Crippen molar-refractivity contribution in [3.05, 3.63) is 29.3 Å². The minimum absolute atomic E-state index is 0.0227. The molecule has 6 heteroatoms. The number of aryl methyl sites for hydroxylation is 1. The molecule has 1 aliphatic rings. The van der Waals surface area contributed by atoms with Gasteiger partial charge in [-0.1, -0.05) is 6.07 Å². The van der Waals surface area contributed by atoms with Gasteiger partial charge in [0.2, 0.25) is 0 Å². The molecule has 0 radical (unpaired) electrons. The molecule has 3 N–H and O–H groups in total. The van der Waals surface area contributed by atoms with Gasteiger partial charge >= 0.3 is 0 Å². The van der Waals surface area contributed by atoms with E-state index in [9.17, 15) is 13.2 Å². The van der Waals surface area contributed by atoms with Crippen LogP contribution < -0.4 is 11.1 Å². The number of sulfone groups is 1. The predicted octanol–water partition coefficient (Wildman–Crippen LogP) is 0.866. The zero-order valence-electron chi connectivity index (χ0n) is 11.7. The molecule has 1 fully saturated rings. The van der Waals surface area contributed by atoms with E-state index in [0.29, 0.717) is 23.6 Å². The van der Waals surface area contributed by atoms with Gasteiger partial charge in [-0.25, -0.2) is 8.42 Å². The van der Waals surface area contributed by atoms with Crippen LogP contribution in [0.15, 0.2) is 23.1 Å². The van der Waals surface area contributed by atoms with E-state index >= 15 is 0 Å². The Hall–Kier alpha value is -1.40. The van der Waals surface area contributed by atoms with Gasteiger partial charge in [-0.05, 0) is 43.4 Å². The van der Waals surface area contributed by atoms with Gasteiger partial charge in [-0.2, -0.15) is 0 Å². The summed E-state index contributed by atoms with van der Waals surface area (Å²) in [5, 5.41) is 2.88. The SMILES string of the molecule is Cc1ccc(C(=O)NC(CN)C2CC2)cc1S(C)(=O)=O. The van der Waals surface area contributed by atoms with Crippen molar-refractivity contribution >= 4 is 15.7 Å². The van der Waals surface area contributed by atoms with Gasteiger partial charge in [-0.15, -0.1) is 0 Å².